The second-order valence-electron chi connectivity index (χ2n) is 6.33. The van der Waals surface area contributed by atoms with Crippen LogP contribution in [0.25, 0.3) is 10.9 Å². The molecule has 9 nitrogen and oxygen atoms in total. The smallest absolute Gasteiger partial charge is 0.300 e. The van der Waals surface area contributed by atoms with Gasteiger partial charge in [-0.3, -0.25) is 14.4 Å². The maximum absolute atomic E-state index is 13.5. The molecule has 0 bridgehead atoms. The van der Waals surface area contributed by atoms with Gasteiger partial charge in [-0.2, -0.15) is 0 Å². The number of para-hydroxylation sites is 1. The van der Waals surface area contributed by atoms with E-state index < -0.39 is 17.7 Å². The molecule has 1 amide bonds. The van der Waals surface area contributed by atoms with E-state index in [-0.39, 0.29) is 36.6 Å². The lowest BCUT2D eigenvalue weighted by molar-refractivity contribution is -0.134. The molecule has 0 spiro atoms. The largest absolute Gasteiger partial charge is 0.491 e. The van der Waals surface area contributed by atoms with E-state index in [2.05, 4.69) is 15.3 Å². The molecule has 0 radical (unpaired) electrons. The molecule has 5 N–H and O–H groups in total. The van der Waals surface area contributed by atoms with Crippen LogP contribution in [0.3, 0.4) is 0 Å². The molecule has 31 heavy (non-hydrogen) atoms. The highest BCUT2D eigenvalue weighted by molar-refractivity contribution is 5.96. The van der Waals surface area contributed by atoms with E-state index in [4.69, 9.17) is 20.4 Å². The summed E-state index contributed by atoms with van der Waals surface area (Å²) >= 11 is 0. The van der Waals surface area contributed by atoms with Crippen LogP contribution < -0.4 is 21.3 Å². The van der Waals surface area contributed by atoms with E-state index in [1.165, 1.54) is 12.1 Å². The van der Waals surface area contributed by atoms with E-state index in [9.17, 15) is 14.0 Å². The van der Waals surface area contributed by atoms with Gasteiger partial charge in [0, 0.05) is 26.4 Å². The van der Waals surface area contributed by atoms with Crippen LogP contribution in [-0.2, 0) is 11.2 Å². The van der Waals surface area contributed by atoms with Crippen molar-refractivity contribution in [3.05, 3.63) is 70.0 Å². The Morgan fingerprint density at radius 2 is 1.97 bits per heavy atom. The first kappa shape index (κ1) is 23.5. The Morgan fingerprint density at radius 3 is 2.68 bits per heavy atom. The number of halogens is 1. The fourth-order valence-electron chi connectivity index (χ4n) is 2.62. The molecule has 3 aromatic rings. The molecule has 0 unspecified atom stereocenters. The van der Waals surface area contributed by atoms with Gasteiger partial charge in [0.05, 0.1) is 16.5 Å². The Balaban J connectivity index is 0.000000785. The summed E-state index contributed by atoms with van der Waals surface area (Å²) in [6.07, 6.45) is 0.320. The molecule has 0 fully saturated rings. The Morgan fingerprint density at radius 1 is 1.26 bits per heavy atom. The molecule has 0 aliphatic heterocycles. The second-order valence-corrected chi connectivity index (χ2v) is 6.33. The number of nitrogens with one attached hydrogen (secondary N) is 2. The second kappa shape index (κ2) is 11.4. The lowest BCUT2D eigenvalue weighted by Gasteiger charge is -2.11. The van der Waals surface area contributed by atoms with E-state index in [1.807, 2.05) is 0 Å². The van der Waals surface area contributed by atoms with Gasteiger partial charge in [0.15, 0.2) is 0 Å². The number of aliphatic carboxylic acids is 1. The summed E-state index contributed by atoms with van der Waals surface area (Å²) in [4.78, 5) is 40.5. The van der Waals surface area contributed by atoms with Crippen LogP contribution in [-0.4, -0.2) is 46.6 Å². The lowest BCUT2D eigenvalue weighted by atomic mass is 10.1. The third kappa shape index (κ3) is 7.19. The van der Waals surface area contributed by atoms with Gasteiger partial charge in [-0.1, -0.05) is 12.1 Å². The maximum atomic E-state index is 13.5. The number of carbonyl (C=O) groups is 2. The minimum atomic E-state index is -0.833. The Hall–Kier alpha value is -3.79. The molecular weight excluding hydrogens is 407 g/mol. The summed E-state index contributed by atoms with van der Waals surface area (Å²) < 4.78 is 18.9. The number of amides is 1. The standard InChI is InChI=1S/C19H19FN4O3.C2H4O2/c20-12-5-6-16(27-10-8-21)14(11-12)18(25)22-9-7-17-23-15-4-2-1-3-13(15)19(26)24-17;1-2(3)4/h1-6,11H,7-10,21H2,(H,22,25)(H,23,24,26);1H3,(H,3,4). The van der Waals surface area contributed by atoms with Crippen LogP contribution in [0.2, 0.25) is 0 Å². The Bertz CT molecular complexity index is 1110. The summed E-state index contributed by atoms with van der Waals surface area (Å²) in [6.45, 7) is 1.79. The van der Waals surface area contributed by atoms with Crippen molar-refractivity contribution in [1.82, 2.24) is 15.3 Å². The van der Waals surface area contributed by atoms with Crippen LogP contribution in [0.4, 0.5) is 4.39 Å². The minimum Gasteiger partial charge on any atom is -0.491 e. The van der Waals surface area contributed by atoms with Crippen molar-refractivity contribution in [2.75, 3.05) is 19.7 Å². The zero-order valence-electron chi connectivity index (χ0n) is 16.9. The van der Waals surface area contributed by atoms with Gasteiger partial charge in [-0.15, -0.1) is 0 Å². The first-order valence-electron chi connectivity index (χ1n) is 9.40. The number of aromatic amines is 1. The Labute approximate surface area is 177 Å². The number of hydrogen-bond acceptors (Lipinski definition) is 6. The lowest BCUT2D eigenvalue weighted by Crippen LogP contribution is -2.27. The van der Waals surface area contributed by atoms with Gasteiger partial charge in [0.1, 0.15) is 24.0 Å². The van der Waals surface area contributed by atoms with Gasteiger partial charge >= 0.3 is 0 Å². The van der Waals surface area contributed by atoms with Crippen LogP contribution >= 0.6 is 0 Å². The SMILES string of the molecule is CC(=O)O.NCCOc1ccc(F)cc1C(=O)NCCc1nc2ccccc2c(=O)[nH]1. The molecular formula is C21H23FN4O5. The quantitative estimate of drug-likeness (QED) is 0.444. The monoisotopic (exact) mass is 430 g/mol. The van der Waals surface area contributed by atoms with Gasteiger partial charge in [0.25, 0.3) is 17.4 Å². The van der Waals surface area contributed by atoms with Crippen LogP contribution in [0.1, 0.15) is 23.1 Å². The number of hydrogen-bond donors (Lipinski definition) is 4. The Kier molecular flexibility index (Phi) is 8.64. The number of carbonyl (C=O) groups excluding carboxylic acids is 1. The van der Waals surface area contributed by atoms with Gasteiger partial charge in [-0.25, -0.2) is 9.37 Å². The summed E-state index contributed by atoms with van der Waals surface area (Å²) in [7, 11) is 0. The fraction of sp³-hybridized carbons (Fsp3) is 0.238. The molecule has 1 heterocycles. The van der Waals surface area contributed by atoms with Crippen molar-refractivity contribution in [3.63, 3.8) is 0 Å². The number of carboxylic acid groups (broad SMARTS) is 1. The van der Waals surface area contributed by atoms with E-state index in [0.29, 0.717) is 23.1 Å². The number of nitrogens with two attached hydrogens (primary N) is 1. The summed E-state index contributed by atoms with van der Waals surface area (Å²) in [5.41, 5.74) is 5.84. The van der Waals surface area contributed by atoms with Crippen molar-refractivity contribution in [2.24, 2.45) is 5.73 Å². The van der Waals surface area contributed by atoms with Crippen molar-refractivity contribution in [2.45, 2.75) is 13.3 Å². The van der Waals surface area contributed by atoms with Crippen LogP contribution in [0, 0.1) is 5.82 Å². The van der Waals surface area contributed by atoms with E-state index >= 15 is 0 Å². The summed E-state index contributed by atoms with van der Waals surface area (Å²) in [6, 6.07) is 10.7. The van der Waals surface area contributed by atoms with E-state index in [0.717, 1.165) is 13.0 Å². The molecule has 3 rings (SSSR count). The number of fused-ring (bicyclic) bond motifs is 1. The third-order valence-electron chi connectivity index (χ3n) is 3.87. The maximum Gasteiger partial charge on any atom is 0.300 e. The molecule has 0 saturated carbocycles. The highest BCUT2D eigenvalue weighted by Crippen LogP contribution is 2.19. The number of nitrogens with zero attached hydrogens (tertiary/aromatic N) is 1. The predicted octanol–water partition coefficient (Wildman–Crippen LogP) is 1.46. The van der Waals surface area contributed by atoms with Crippen LogP contribution in [0.15, 0.2) is 47.3 Å². The molecule has 1 aromatic heterocycles. The van der Waals surface area contributed by atoms with Crippen LogP contribution in [0.5, 0.6) is 5.75 Å². The molecule has 0 aliphatic carbocycles. The molecule has 2 aromatic carbocycles. The summed E-state index contributed by atoms with van der Waals surface area (Å²) in [5.74, 6) is -1.14. The predicted molar refractivity (Wildman–Crippen MR) is 113 cm³/mol. The fourth-order valence-corrected chi connectivity index (χ4v) is 2.62. The number of ether oxygens (including phenoxy) is 1. The highest BCUT2D eigenvalue weighted by atomic mass is 19.1. The first-order valence-corrected chi connectivity index (χ1v) is 9.40. The normalized spacial score (nSPS) is 10.2. The van der Waals surface area contributed by atoms with Crippen molar-refractivity contribution in [3.8, 4) is 5.75 Å². The number of rotatable bonds is 7. The minimum absolute atomic E-state index is 0.0865. The van der Waals surface area contributed by atoms with Gasteiger partial charge in [0.2, 0.25) is 0 Å². The number of carboxylic acids is 1. The third-order valence-corrected chi connectivity index (χ3v) is 3.87. The average Bonchev–Trinajstić information content (AvgIpc) is 2.72. The van der Waals surface area contributed by atoms with Gasteiger partial charge in [-0.05, 0) is 30.3 Å². The molecule has 10 heteroatoms. The zero-order chi connectivity index (χ0) is 22.8. The molecule has 0 saturated heterocycles. The van der Waals surface area contributed by atoms with E-state index in [1.54, 1.807) is 24.3 Å². The van der Waals surface area contributed by atoms with Crippen molar-refractivity contribution >= 4 is 22.8 Å². The number of H-pyrrole nitrogens is 1. The van der Waals surface area contributed by atoms with Gasteiger partial charge < -0.3 is 25.9 Å². The molecule has 0 aliphatic rings. The van der Waals surface area contributed by atoms with Crippen molar-refractivity contribution < 1.29 is 23.8 Å². The topological polar surface area (TPSA) is 147 Å². The summed E-state index contributed by atoms with van der Waals surface area (Å²) in [5, 5.41) is 10.6. The number of aromatic nitrogens is 2. The molecule has 0 atom stereocenters. The van der Waals surface area contributed by atoms with Crippen molar-refractivity contribution in [1.29, 1.82) is 0 Å². The average molecular weight is 430 g/mol. The zero-order valence-corrected chi connectivity index (χ0v) is 16.9. The molecule has 164 valence electrons. The highest BCUT2D eigenvalue weighted by Gasteiger charge is 2.14. The number of benzene rings is 2. The first-order chi connectivity index (χ1) is 14.8.